The van der Waals surface area contributed by atoms with Gasteiger partial charge in [0.2, 0.25) is 0 Å². The summed E-state index contributed by atoms with van der Waals surface area (Å²) in [6, 6.07) is 1.61. The normalized spacial score (nSPS) is 11.0. The van der Waals surface area contributed by atoms with Gasteiger partial charge in [-0.05, 0) is 13.0 Å². The Morgan fingerprint density at radius 3 is 3.08 bits per heavy atom. The van der Waals surface area contributed by atoms with E-state index in [-0.39, 0.29) is 6.61 Å². The minimum Gasteiger partial charge on any atom is -0.392 e. The van der Waals surface area contributed by atoms with Gasteiger partial charge in [0, 0.05) is 5.56 Å². The molecule has 0 saturated heterocycles. The van der Waals surface area contributed by atoms with E-state index in [0.717, 1.165) is 5.69 Å². The number of aliphatic hydroxyl groups excluding tert-OH is 1. The van der Waals surface area contributed by atoms with Crippen molar-refractivity contribution in [2.75, 3.05) is 0 Å². The summed E-state index contributed by atoms with van der Waals surface area (Å²) in [6.07, 6.45) is 1.76. The molecule has 13 heavy (non-hydrogen) atoms. The standard InChI is InChI=1S/C8H8ClN3O/c1-5-3-12-8(10-5)6(4-13)2-7(9)11-12/h2-3,13H,4H2,1H3. The van der Waals surface area contributed by atoms with Gasteiger partial charge in [0.05, 0.1) is 18.5 Å². The molecule has 0 aliphatic rings. The summed E-state index contributed by atoms with van der Waals surface area (Å²) in [5.41, 5.74) is 2.20. The van der Waals surface area contributed by atoms with Crippen LogP contribution >= 0.6 is 11.6 Å². The van der Waals surface area contributed by atoms with Crippen molar-refractivity contribution < 1.29 is 5.11 Å². The predicted molar refractivity (Wildman–Crippen MR) is 48.7 cm³/mol. The van der Waals surface area contributed by atoms with Crippen LogP contribution in [-0.4, -0.2) is 19.7 Å². The fourth-order valence-corrected chi connectivity index (χ4v) is 1.45. The highest BCUT2D eigenvalue weighted by molar-refractivity contribution is 6.29. The van der Waals surface area contributed by atoms with Crippen LogP contribution in [-0.2, 0) is 6.61 Å². The maximum absolute atomic E-state index is 9.03. The van der Waals surface area contributed by atoms with E-state index in [2.05, 4.69) is 10.1 Å². The molecule has 0 aliphatic carbocycles. The van der Waals surface area contributed by atoms with Gasteiger partial charge < -0.3 is 5.11 Å². The molecular weight excluding hydrogens is 190 g/mol. The van der Waals surface area contributed by atoms with Gasteiger partial charge in [-0.15, -0.1) is 0 Å². The summed E-state index contributed by atoms with van der Waals surface area (Å²) in [7, 11) is 0. The van der Waals surface area contributed by atoms with Gasteiger partial charge in [0.25, 0.3) is 0 Å². The number of halogens is 1. The number of fused-ring (bicyclic) bond motifs is 1. The van der Waals surface area contributed by atoms with E-state index in [1.54, 1.807) is 16.8 Å². The van der Waals surface area contributed by atoms with Gasteiger partial charge in [-0.25, -0.2) is 9.50 Å². The number of aliphatic hydroxyl groups is 1. The fraction of sp³-hybridized carbons (Fsp3) is 0.250. The first-order valence-electron chi connectivity index (χ1n) is 3.83. The Labute approximate surface area is 79.8 Å². The Bertz CT molecular complexity index is 452. The zero-order chi connectivity index (χ0) is 9.42. The lowest BCUT2D eigenvalue weighted by Gasteiger charge is -1.99. The van der Waals surface area contributed by atoms with E-state index in [0.29, 0.717) is 16.4 Å². The van der Waals surface area contributed by atoms with Gasteiger partial charge in [-0.2, -0.15) is 5.10 Å². The minimum absolute atomic E-state index is 0.0812. The maximum atomic E-state index is 9.03. The Balaban J connectivity index is 2.80. The number of aromatic nitrogens is 3. The first-order valence-corrected chi connectivity index (χ1v) is 4.21. The van der Waals surface area contributed by atoms with Gasteiger partial charge in [-0.3, -0.25) is 0 Å². The van der Waals surface area contributed by atoms with Crippen molar-refractivity contribution in [1.29, 1.82) is 0 Å². The summed E-state index contributed by atoms with van der Waals surface area (Å²) in [5, 5.41) is 13.4. The summed E-state index contributed by atoms with van der Waals surface area (Å²) in [6.45, 7) is 1.78. The van der Waals surface area contributed by atoms with Crippen LogP contribution in [0.5, 0.6) is 0 Å². The number of rotatable bonds is 1. The van der Waals surface area contributed by atoms with Gasteiger partial charge in [0.1, 0.15) is 0 Å². The van der Waals surface area contributed by atoms with E-state index in [4.69, 9.17) is 16.7 Å². The lowest BCUT2D eigenvalue weighted by molar-refractivity contribution is 0.282. The highest BCUT2D eigenvalue weighted by Gasteiger charge is 2.06. The molecule has 0 aromatic carbocycles. The van der Waals surface area contributed by atoms with E-state index < -0.39 is 0 Å². The molecule has 2 aromatic heterocycles. The summed E-state index contributed by atoms with van der Waals surface area (Å²) in [5.74, 6) is 0. The van der Waals surface area contributed by atoms with Crippen LogP contribution in [0.3, 0.4) is 0 Å². The third-order valence-corrected chi connectivity index (χ3v) is 1.95. The molecule has 4 nitrogen and oxygen atoms in total. The van der Waals surface area contributed by atoms with Crippen LogP contribution in [0.2, 0.25) is 5.15 Å². The number of nitrogens with zero attached hydrogens (tertiary/aromatic N) is 3. The zero-order valence-corrected chi connectivity index (χ0v) is 7.78. The zero-order valence-electron chi connectivity index (χ0n) is 7.03. The second-order valence-corrected chi connectivity index (χ2v) is 3.19. The molecule has 0 unspecified atom stereocenters. The molecule has 0 saturated carbocycles. The van der Waals surface area contributed by atoms with E-state index in [1.165, 1.54) is 0 Å². The monoisotopic (exact) mass is 197 g/mol. The van der Waals surface area contributed by atoms with Crippen LogP contribution in [0.15, 0.2) is 12.3 Å². The molecule has 0 radical (unpaired) electrons. The molecule has 0 bridgehead atoms. The van der Waals surface area contributed by atoms with Crippen molar-refractivity contribution in [1.82, 2.24) is 14.6 Å². The number of hydrogen-bond acceptors (Lipinski definition) is 3. The first kappa shape index (κ1) is 8.47. The molecule has 2 aromatic rings. The third-order valence-electron chi connectivity index (χ3n) is 1.76. The molecule has 2 heterocycles. The van der Waals surface area contributed by atoms with Crippen molar-refractivity contribution in [3.8, 4) is 0 Å². The fourth-order valence-electron chi connectivity index (χ4n) is 1.24. The second-order valence-electron chi connectivity index (χ2n) is 2.80. The van der Waals surface area contributed by atoms with Crippen molar-refractivity contribution in [3.05, 3.63) is 28.7 Å². The van der Waals surface area contributed by atoms with Crippen LogP contribution < -0.4 is 0 Å². The largest absolute Gasteiger partial charge is 0.392 e. The lowest BCUT2D eigenvalue weighted by atomic mass is 10.3. The molecule has 0 spiro atoms. The summed E-state index contributed by atoms with van der Waals surface area (Å²) < 4.78 is 1.57. The van der Waals surface area contributed by atoms with Crippen molar-refractivity contribution in [2.24, 2.45) is 0 Å². The lowest BCUT2D eigenvalue weighted by Crippen LogP contribution is -1.96. The Kier molecular flexibility index (Phi) is 1.94. The minimum atomic E-state index is -0.0812. The molecule has 0 aliphatic heterocycles. The predicted octanol–water partition coefficient (Wildman–Crippen LogP) is 1.18. The van der Waals surface area contributed by atoms with E-state index in [1.807, 2.05) is 6.92 Å². The molecule has 1 N–H and O–H groups in total. The van der Waals surface area contributed by atoms with Gasteiger partial charge in [0.15, 0.2) is 10.8 Å². The van der Waals surface area contributed by atoms with Crippen LogP contribution in [0.4, 0.5) is 0 Å². The third kappa shape index (κ3) is 1.38. The molecule has 68 valence electrons. The second kappa shape index (κ2) is 2.97. The molecule has 5 heteroatoms. The Morgan fingerprint density at radius 2 is 2.38 bits per heavy atom. The van der Waals surface area contributed by atoms with Gasteiger partial charge >= 0.3 is 0 Å². The average molecular weight is 198 g/mol. The van der Waals surface area contributed by atoms with Crippen molar-refractivity contribution in [2.45, 2.75) is 13.5 Å². The van der Waals surface area contributed by atoms with Crippen LogP contribution in [0.25, 0.3) is 5.65 Å². The van der Waals surface area contributed by atoms with Crippen LogP contribution in [0, 0.1) is 6.92 Å². The number of hydrogen-bond donors (Lipinski definition) is 1. The Hall–Kier alpha value is -1.13. The van der Waals surface area contributed by atoms with Gasteiger partial charge in [-0.1, -0.05) is 11.6 Å². The topological polar surface area (TPSA) is 50.4 Å². The van der Waals surface area contributed by atoms with E-state index in [9.17, 15) is 0 Å². The summed E-state index contributed by atoms with van der Waals surface area (Å²) in [4.78, 5) is 4.21. The average Bonchev–Trinajstić information content (AvgIpc) is 2.43. The number of imidazole rings is 1. The molecule has 0 atom stereocenters. The Morgan fingerprint density at radius 1 is 1.62 bits per heavy atom. The highest BCUT2D eigenvalue weighted by atomic mass is 35.5. The first-order chi connectivity index (χ1) is 6.20. The van der Waals surface area contributed by atoms with Crippen LogP contribution in [0.1, 0.15) is 11.3 Å². The molecular formula is C8H8ClN3O. The van der Waals surface area contributed by atoms with Crippen molar-refractivity contribution >= 4 is 17.2 Å². The summed E-state index contributed by atoms with van der Waals surface area (Å²) >= 11 is 5.74. The molecule has 0 amide bonds. The SMILES string of the molecule is Cc1cn2nc(Cl)cc(CO)c2n1. The van der Waals surface area contributed by atoms with E-state index >= 15 is 0 Å². The molecule has 2 rings (SSSR count). The highest BCUT2D eigenvalue weighted by Crippen LogP contribution is 2.14. The maximum Gasteiger partial charge on any atom is 0.159 e. The number of aryl methyl sites for hydroxylation is 1. The van der Waals surface area contributed by atoms with Crippen molar-refractivity contribution in [3.63, 3.8) is 0 Å². The molecule has 0 fully saturated rings. The smallest absolute Gasteiger partial charge is 0.159 e. The quantitative estimate of drug-likeness (QED) is 0.747.